The first kappa shape index (κ1) is 32.8. The van der Waals surface area contributed by atoms with Gasteiger partial charge < -0.3 is 35.8 Å². The third-order valence-electron chi connectivity index (χ3n) is 5.99. The van der Waals surface area contributed by atoms with Gasteiger partial charge in [-0.25, -0.2) is 9.59 Å². The minimum Gasteiger partial charge on any atom is -0.445 e. The Morgan fingerprint density at radius 1 is 0.878 bits per heavy atom. The van der Waals surface area contributed by atoms with E-state index in [-0.39, 0.29) is 32.2 Å². The van der Waals surface area contributed by atoms with Gasteiger partial charge in [-0.15, -0.1) is 0 Å². The number of rotatable bonds is 16. The Morgan fingerprint density at radius 2 is 1.59 bits per heavy atom. The summed E-state index contributed by atoms with van der Waals surface area (Å²) in [6, 6.07) is 14.0. The number of carbonyl (C=O) groups excluding carboxylic acids is 4. The van der Waals surface area contributed by atoms with Crippen LogP contribution in [-0.4, -0.2) is 54.3 Å². The SMILES string of the molecule is C=CCOC(=O)NCCCCC(NC(=O)C(NC(=O)OCc1ccccc1)C(C)C)C(=O)Nc1ccc(CO)cc1. The third kappa shape index (κ3) is 12.6. The normalized spacial score (nSPS) is 12.0. The van der Waals surface area contributed by atoms with Gasteiger partial charge in [0.1, 0.15) is 25.3 Å². The highest BCUT2D eigenvalue weighted by Gasteiger charge is 2.29. The number of ether oxygens (including phenoxy) is 2. The Morgan fingerprint density at radius 3 is 2.22 bits per heavy atom. The number of carbonyl (C=O) groups is 4. The second-order valence-electron chi connectivity index (χ2n) is 9.64. The average Bonchev–Trinajstić information content (AvgIpc) is 2.97. The molecule has 0 aliphatic rings. The summed E-state index contributed by atoms with van der Waals surface area (Å²) in [5.41, 5.74) is 2.00. The Balaban J connectivity index is 2.01. The molecule has 0 aliphatic heterocycles. The van der Waals surface area contributed by atoms with E-state index in [1.54, 1.807) is 38.1 Å². The standard InChI is InChI=1S/C30H40N4O7/c1-4-18-40-29(38)31-17-9-8-12-25(27(36)32-24-15-13-22(19-35)14-16-24)33-28(37)26(21(2)3)34-30(39)41-20-23-10-6-5-7-11-23/h4-7,10-11,13-16,21,25-26,35H,1,8-9,12,17-20H2,2-3H3,(H,31,38)(H,32,36)(H,33,37)(H,34,39). The lowest BCUT2D eigenvalue weighted by Crippen LogP contribution is -2.54. The number of aliphatic hydroxyl groups is 1. The molecule has 0 saturated heterocycles. The van der Waals surface area contributed by atoms with Crippen molar-refractivity contribution in [3.63, 3.8) is 0 Å². The molecular formula is C30H40N4O7. The van der Waals surface area contributed by atoms with E-state index in [0.717, 1.165) is 5.56 Å². The fraction of sp³-hybridized carbons (Fsp3) is 0.400. The summed E-state index contributed by atoms with van der Waals surface area (Å²) >= 11 is 0. The van der Waals surface area contributed by atoms with Crippen molar-refractivity contribution >= 4 is 29.7 Å². The fourth-order valence-electron chi connectivity index (χ4n) is 3.73. The van der Waals surface area contributed by atoms with Crippen LogP contribution >= 0.6 is 0 Å². The molecule has 2 aromatic carbocycles. The predicted octanol–water partition coefficient (Wildman–Crippen LogP) is 3.64. The topological polar surface area (TPSA) is 155 Å². The minimum atomic E-state index is -0.946. The van der Waals surface area contributed by atoms with Crippen LogP contribution in [0.25, 0.3) is 0 Å². The molecule has 5 N–H and O–H groups in total. The molecule has 4 amide bonds. The van der Waals surface area contributed by atoms with Gasteiger partial charge in [0.25, 0.3) is 0 Å². The van der Waals surface area contributed by atoms with E-state index in [9.17, 15) is 24.3 Å². The molecule has 0 spiro atoms. The van der Waals surface area contributed by atoms with E-state index in [0.29, 0.717) is 30.6 Å². The number of hydrogen-bond donors (Lipinski definition) is 5. The van der Waals surface area contributed by atoms with Gasteiger partial charge in [-0.2, -0.15) is 0 Å². The Bertz CT molecular complexity index is 1120. The molecule has 0 saturated carbocycles. The molecule has 2 atom stereocenters. The van der Waals surface area contributed by atoms with Crippen molar-refractivity contribution in [1.29, 1.82) is 0 Å². The third-order valence-corrected chi connectivity index (χ3v) is 5.99. The first-order valence-corrected chi connectivity index (χ1v) is 13.5. The molecule has 2 unspecified atom stereocenters. The van der Waals surface area contributed by atoms with Crippen molar-refractivity contribution in [1.82, 2.24) is 16.0 Å². The second kappa shape index (κ2) is 18.1. The van der Waals surface area contributed by atoms with Crippen molar-refractivity contribution in [3.8, 4) is 0 Å². The quantitative estimate of drug-likeness (QED) is 0.153. The highest BCUT2D eigenvalue weighted by molar-refractivity contribution is 5.98. The van der Waals surface area contributed by atoms with Crippen LogP contribution in [0.4, 0.5) is 15.3 Å². The molecule has 2 aromatic rings. The molecule has 0 fully saturated rings. The zero-order valence-corrected chi connectivity index (χ0v) is 23.6. The summed E-state index contributed by atoms with van der Waals surface area (Å²) in [4.78, 5) is 50.5. The van der Waals surface area contributed by atoms with Gasteiger partial charge in [-0.3, -0.25) is 9.59 Å². The number of benzene rings is 2. The smallest absolute Gasteiger partial charge is 0.408 e. The highest BCUT2D eigenvalue weighted by Crippen LogP contribution is 2.13. The van der Waals surface area contributed by atoms with Gasteiger partial charge in [-0.05, 0) is 48.4 Å². The van der Waals surface area contributed by atoms with Gasteiger partial charge in [-0.1, -0.05) is 69.0 Å². The number of anilines is 1. The largest absolute Gasteiger partial charge is 0.445 e. The molecule has 222 valence electrons. The molecular weight excluding hydrogens is 528 g/mol. The zero-order chi connectivity index (χ0) is 30.0. The molecule has 11 nitrogen and oxygen atoms in total. The number of amides is 4. The van der Waals surface area contributed by atoms with Crippen LogP contribution in [0.2, 0.25) is 0 Å². The fourth-order valence-corrected chi connectivity index (χ4v) is 3.73. The molecule has 0 radical (unpaired) electrons. The van der Waals surface area contributed by atoms with Crippen molar-refractivity contribution in [2.24, 2.45) is 5.92 Å². The molecule has 0 aromatic heterocycles. The summed E-state index contributed by atoms with van der Waals surface area (Å²) < 4.78 is 10.1. The van der Waals surface area contributed by atoms with E-state index >= 15 is 0 Å². The Labute approximate surface area is 240 Å². The lowest BCUT2D eigenvalue weighted by molar-refractivity contribution is -0.128. The van der Waals surface area contributed by atoms with Gasteiger partial charge >= 0.3 is 12.2 Å². The van der Waals surface area contributed by atoms with Crippen molar-refractivity contribution < 1.29 is 33.8 Å². The summed E-state index contributed by atoms with van der Waals surface area (Å²) in [5.74, 6) is -1.26. The van der Waals surface area contributed by atoms with Crippen molar-refractivity contribution in [2.45, 2.75) is 58.4 Å². The summed E-state index contributed by atoms with van der Waals surface area (Å²) in [6.45, 7) is 7.38. The van der Waals surface area contributed by atoms with Crippen LogP contribution in [0.5, 0.6) is 0 Å². The van der Waals surface area contributed by atoms with E-state index in [2.05, 4.69) is 27.8 Å². The number of aliphatic hydroxyl groups excluding tert-OH is 1. The zero-order valence-electron chi connectivity index (χ0n) is 23.6. The number of alkyl carbamates (subject to hydrolysis) is 2. The molecule has 41 heavy (non-hydrogen) atoms. The highest BCUT2D eigenvalue weighted by atomic mass is 16.6. The Kier molecular flexibility index (Phi) is 14.5. The molecule has 0 aliphatic carbocycles. The van der Waals surface area contributed by atoms with E-state index in [1.165, 1.54) is 6.08 Å². The summed E-state index contributed by atoms with van der Waals surface area (Å²) in [6.07, 6.45) is 1.46. The monoisotopic (exact) mass is 568 g/mol. The van der Waals surface area contributed by atoms with Crippen LogP contribution in [-0.2, 0) is 32.3 Å². The maximum absolute atomic E-state index is 13.3. The number of nitrogens with one attached hydrogen (secondary N) is 4. The molecule has 11 heteroatoms. The van der Waals surface area contributed by atoms with Crippen LogP contribution in [0.15, 0.2) is 67.3 Å². The average molecular weight is 569 g/mol. The minimum absolute atomic E-state index is 0.0500. The maximum atomic E-state index is 13.3. The Hall–Kier alpha value is -4.38. The van der Waals surface area contributed by atoms with Crippen LogP contribution < -0.4 is 21.3 Å². The van der Waals surface area contributed by atoms with Crippen molar-refractivity contribution in [2.75, 3.05) is 18.5 Å². The van der Waals surface area contributed by atoms with Crippen LogP contribution in [0.1, 0.15) is 44.2 Å². The summed E-state index contributed by atoms with van der Waals surface area (Å²) in [5, 5.41) is 20.0. The van der Waals surface area contributed by atoms with E-state index < -0.39 is 36.1 Å². The number of hydrogen-bond acceptors (Lipinski definition) is 7. The van der Waals surface area contributed by atoms with E-state index in [4.69, 9.17) is 9.47 Å². The lowest BCUT2D eigenvalue weighted by Gasteiger charge is -2.25. The van der Waals surface area contributed by atoms with E-state index in [1.807, 2.05) is 30.3 Å². The maximum Gasteiger partial charge on any atom is 0.408 e. The van der Waals surface area contributed by atoms with Crippen LogP contribution in [0.3, 0.4) is 0 Å². The summed E-state index contributed by atoms with van der Waals surface area (Å²) in [7, 11) is 0. The first-order chi connectivity index (χ1) is 19.7. The van der Waals surface area contributed by atoms with Crippen LogP contribution in [0, 0.1) is 5.92 Å². The van der Waals surface area contributed by atoms with Gasteiger partial charge in [0.15, 0.2) is 0 Å². The second-order valence-corrected chi connectivity index (χ2v) is 9.64. The molecule has 0 bridgehead atoms. The lowest BCUT2D eigenvalue weighted by atomic mass is 10.0. The number of unbranched alkanes of at least 4 members (excludes halogenated alkanes) is 1. The molecule has 2 rings (SSSR count). The predicted molar refractivity (Wildman–Crippen MR) is 155 cm³/mol. The first-order valence-electron chi connectivity index (χ1n) is 13.5. The van der Waals surface area contributed by atoms with Gasteiger partial charge in [0.05, 0.1) is 6.61 Å². The molecule has 0 heterocycles. The van der Waals surface area contributed by atoms with Gasteiger partial charge in [0.2, 0.25) is 11.8 Å². The van der Waals surface area contributed by atoms with Crippen molar-refractivity contribution in [3.05, 3.63) is 78.4 Å². The van der Waals surface area contributed by atoms with Gasteiger partial charge in [0, 0.05) is 12.2 Å².